The molecule has 0 amide bonds. The van der Waals surface area contributed by atoms with E-state index in [1.54, 1.807) is 7.11 Å². The van der Waals surface area contributed by atoms with Crippen molar-refractivity contribution in [2.45, 2.75) is 32.9 Å². The molecule has 102 valence electrons. The van der Waals surface area contributed by atoms with Crippen LogP contribution >= 0.6 is 11.8 Å². The number of methoxy groups -OCH3 is 1. The lowest BCUT2D eigenvalue weighted by molar-refractivity contribution is 0.183. The largest absolute Gasteiger partial charge is 0.383 e. The predicted octanol–water partition coefficient (Wildman–Crippen LogP) is 2.47. The molecule has 1 aromatic heterocycles. The fourth-order valence-corrected chi connectivity index (χ4v) is 3.73. The molecule has 1 N–H and O–H groups in total. The molecular weight excluding hydrogens is 246 g/mol. The molecule has 1 saturated heterocycles. The van der Waals surface area contributed by atoms with Gasteiger partial charge in [-0.2, -0.15) is 16.9 Å². The predicted molar refractivity (Wildman–Crippen MR) is 77.2 cm³/mol. The van der Waals surface area contributed by atoms with Crippen molar-refractivity contribution in [1.29, 1.82) is 0 Å². The first kappa shape index (κ1) is 13.7. The van der Waals surface area contributed by atoms with Crippen LogP contribution in [0.2, 0.25) is 0 Å². The summed E-state index contributed by atoms with van der Waals surface area (Å²) in [5, 5.41) is 7.96. The smallest absolute Gasteiger partial charge is 0.0729 e. The average molecular weight is 269 g/mol. The van der Waals surface area contributed by atoms with Crippen LogP contribution in [-0.2, 0) is 11.3 Å². The summed E-state index contributed by atoms with van der Waals surface area (Å²) in [6.07, 6.45) is 5.24. The second kappa shape index (κ2) is 5.97. The molecular formula is C13H23N3OS. The number of ether oxygens (including phenoxy) is 1. The van der Waals surface area contributed by atoms with Gasteiger partial charge in [0.2, 0.25) is 0 Å². The van der Waals surface area contributed by atoms with E-state index >= 15 is 0 Å². The van der Waals surface area contributed by atoms with Crippen LogP contribution in [0.4, 0.5) is 5.69 Å². The summed E-state index contributed by atoms with van der Waals surface area (Å²) in [6, 6.07) is 0.524. The van der Waals surface area contributed by atoms with Gasteiger partial charge in [0.1, 0.15) is 0 Å². The molecule has 0 saturated carbocycles. The van der Waals surface area contributed by atoms with Crippen molar-refractivity contribution >= 4 is 17.4 Å². The molecule has 18 heavy (non-hydrogen) atoms. The third-order valence-electron chi connectivity index (χ3n) is 3.62. The van der Waals surface area contributed by atoms with Crippen molar-refractivity contribution in [2.24, 2.45) is 5.41 Å². The Morgan fingerprint density at radius 1 is 1.61 bits per heavy atom. The van der Waals surface area contributed by atoms with E-state index < -0.39 is 0 Å². The maximum atomic E-state index is 5.05. The third kappa shape index (κ3) is 3.42. The van der Waals surface area contributed by atoms with Crippen LogP contribution < -0.4 is 5.32 Å². The summed E-state index contributed by atoms with van der Waals surface area (Å²) < 4.78 is 6.98. The molecule has 1 aromatic rings. The zero-order valence-electron chi connectivity index (χ0n) is 11.5. The fraction of sp³-hybridized carbons (Fsp3) is 0.769. The molecule has 2 heterocycles. The van der Waals surface area contributed by atoms with E-state index in [-0.39, 0.29) is 0 Å². The van der Waals surface area contributed by atoms with Crippen LogP contribution in [0, 0.1) is 5.41 Å². The Bertz CT molecular complexity index is 378. The molecule has 0 radical (unpaired) electrons. The summed E-state index contributed by atoms with van der Waals surface area (Å²) in [7, 11) is 1.71. The second-order valence-electron chi connectivity index (χ2n) is 5.50. The molecule has 2 rings (SSSR count). The van der Waals surface area contributed by atoms with Crippen molar-refractivity contribution < 1.29 is 4.74 Å². The van der Waals surface area contributed by atoms with E-state index in [1.807, 2.05) is 22.6 Å². The monoisotopic (exact) mass is 269 g/mol. The SMILES string of the molecule is COCCn1cc(NC2CSCCC2(C)C)cn1. The Hall–Kier alpha value is -0.680. The van der Waals surface area contributed by atoms with E-state index in [0.29, 0.717) is 18.1 Å². The minimum atomic E-state index is 0.361. The lowest BCUT2D eigenvalue weighted by atomic mass is 9.82. The molecule has 0 aliphatic carbocycles. The van der Waals surface area contributed by atoms with Crippen molar-refractivity contribution in [1.82, 2.24) is 9.78 Å². The van der Waals surface area contributed by atoms with Gasteiger partial charge >= 0.3 is 0 Å². The zero-order chi connectivity index (χ0) is 13.0. The summed E-state index contributed by atoms with van der Waals surface area (Å²) in [5.41, 5.74) is 1.48. The first-order valence-corrected chi connectivity index (χ1v) is 7.63. The van der Waals surface area contributed by atoms with Gasteiger partial charge < -0.3 is 10.1 Å². The molecule has 0 spiro atoms. The molecule has 1 aliphatic rings. The molecule has 5 heteroatoms. The van der Waals surface area contributed by atoms with Crippen LogP contribution in [0.3, 0.4) is 0 Å². The van der Waals surface area contributed by atoms with E-state index in [2.05, 4.69) is 30.5 Å². The first-order chi connectivity index (χ1) is 8.62. The van der Waals surface area contributed by atoms with Gasteiger partial charge in [-0.15, -0.1) is 0 Å². The van der Waals surface area contributed by atoms with Crippen LogP contribution in [-0.4, -0.2) is 41.0 Å². The van der Waals surface area contributed by atoms with Gasteiger partial charge in [-0.3, -0.25) is 4.68 Å². The number of rotatable bonds is 5. The van der Waals surface area contributed by atoms with Gasteiger partial charge in [-0.25, -0.2) is 0 Å². The maximum absolute atomic E-state index is 5.05. The minimum Gasteiger partial charge on any atom is -0.383 e. The van der Waals surface area contributed by atoms with Crippen LogP contribution in [0.5, 0.6) is 0 Å². The highest BCUT2D eigenvalue weighted by molar-refractivity contribution is 7.99. The summed E-state index contributed by atoms with van der Waals surface area (Å²) >= 11 is 2.04. The number of thioether (sulfide) groups is 1. The number of anilines is 1. The molecule has 1 atom stereocenters. The second-order valence-corrected chi connectivity index (χ2v) is 6.65. The van der Waals surface area contributed by atoms with Gasteiger partial charge in [0.05, 0.1) is 25.0 Å². The topological polar surface area (TPSA) is 39.1 Å². The van der Waals surface area contributed by atoms with Gasteiger partial charge in [-0.05, 0) is 17.6 Å². The molecule has 1 aliphatic heterocycles. The first-order valence-electron chi connectivity index (χ1n) is 6.47. The van der Waals surface area contributed by atoms with E-state index in [1.165, 1.54) is 17.9 Å². The number of nitrogens with one attached hydrogen (secondary N) is 1. The van der Waals surface area contributed by atoms with Crippen LogP contribution in [0.1, 0.15) is 20.3 Å². The molecule has 1 unspecified atom stereocenters. The van der Waals surface area contributed by atoms with Gasteiger partial charge in [0.25, 0.3) is 0 Å². The highest BCUT2D eigenvalue weighted by Gasteiger charge is 2.32. The Labute approximate surface area is 113 Å². The standard InChI is InChI=1S/C13H23N3OS/c1-13(2)4-7-18-10-12(13)15-11-8-14-16(9-11)5-6-17-3/h8-9,12,15H,4-7,10H2,1-3H3. The van der Waals surface area contributed by atoms with E-state index in [0.717, 1.165) is 12.2 Å². The highest BCUT2D eigenvalue weighted by Crippen LogP contribution is 2.35. The molecule has 4 nitrogen and oxygen atoms in total. The van der Waals surface area contributed by atoms with Crippen molar-refractivity contribution in [3.63, 3.8) is 0 Å². The zero-order valence-corrected chi connectivity index (χ0v) is 12.3. The third-order valence-corrected chi connectivity index (χ3v) is 4.68. The Balaban J connectivity index is 1.94. The van der Waals surface area contributed by atoms with Crippen LogP contribution in [0.25, 0.3) is 0 Å². The Morgan fingerprint density at radius 2 is 2.44 bits per heavy atom. The summed E-state index contributed by atoms with van der Waals surface area (Å²) in [4.78, 5) is 0. The number of nitrogens with zero attached hydrogens (tertiary/aromatic N) is 2. The van der Waals surface area contributed by atoms with E-state index in [9.17, 15) is 0 Å². The molecule has 0 bridgehead atoms. The normalized spacial score (nSPS) is 22.9. The molecule has 0 aromatic carbocycles. The quantitative estimate of drug-likeness (QED) is 0.891. The van der Waals surface area contributed by atoms with Gasteiger partial charge in [0, 0.05) is 25.1 Å². The lowest BCUT2D eigenvalue weighted by Gasteiger charge is -2.38. The minimum absolute atomic E-state index is 0.361. The van der Waals surface area contributed by atoms with Crippen molar-refractivity contribution in [2.75, 3.05) is 30.5 Å². The molecule has 1 fully saturated rings. The summed E-state index contributed by atoms with van der Waals surface area (Å²) in [5.74, 6) is 2.45. The van der Waals surface area contributed by atoms with Crippen molar-refractivity contribution in [3.05, 3.63) is 12.4 Å². The average Bonchev–Trinajstić information content (AvgIpc) is 2.77. The van der Waals surface area contributed by atoms with Gasteiger partial charge in [-0.1, -0.05) is 13.8 Å². The Kier molecular flexibility index (Phi) is 4.56. The highest BCUT2D eigenvalue weighted by atomic mass is 32.2. The van der Waals surface area contributed by atoms with Gasteiger partial charge in [0.15, 0.2) is 0 Å². The Morgan fingerprint density at radius 3 is 3.17 bits per heavy atom. The number of aromatic nitrogens is 2. The fourth-order valence-electron chi connectivity index (χ4n) is 2.12. The summed E-state index contributed by atoms with van der Waals surface area (Å²) in [6.45, 7) is 6.20. The maximum Gasteiger partial charge on any atom is 0.0729 e. The number of hydrogen-bond acceptors (Lipinski definition) is 4. The van der Waals surface area contributed by atoms with Crippen molar-refractivity contribution in [3.8, 4) is 0 Å². The lowest BCUT2D eigenvalue weighted by Crippen LogP contribution is -2.41. The van der Waals surface area contributed by atoms with Crippen LogP contribution in [0.15, 0.2) is 12.4 Å². The van der Waals surface area contributed by atoms with E-state index in [4.69, 9.17) is 4.74 Å². The number of hydrogen-bond donors (Lipinski definition) is 1.